The van der Waals surface area contributed by atoms with Gasteiger partial charge in [-0.2, -0.15) is 8.78 Å². The van der Waals surface area contributed by atoms with Crippen LogP contribution < -0.4 is 4.90 Å². The Morgan fingerprint density at radius 1 is 0.946 bits per heavy atom. The van der Waals surface area contributed by atoms with E-state index in [9.17, 15) is 13.2 Å². The van der Waals surface area contributed by atoms with E-state index in [1.807, 2.05) is 12.1 Å². The number of benzene rings is 2. The highest BCUT2D eigenvalue weighted by molar-refractivity contribution is 5.65. The number of rotatable bonds is 7. The van der Waals surface area contributed by atoms with E-state index < -0.39 is 18.1 Å². The Bertz CT molecular complexity index is 1380. The molecule has 0 atom stereocenters. The van der Waals surface area contributed by atoms with Crippen molar-refractivity contribution >= 4 is 5.69 Å². The van der Waals surface area contributed by atoms with Crippen molar-refractivity contribution in [2.45, 2.75) is 19.0 Å². The molecule has 2 aromatic heterocycles. The van der Waals surface area contributed by atoms with Crippen LogP contribution in [-0.4, -0.2) is 75.5 Å². The van der Waals surface area contributed by atoms with E-state index in [0.29, 0.717) is 17.3 Å². The minimum absolute atomic E-state index is 0.151. The van der Waals surface area contributed by atoms with E-state index >= 15 is 0 Å². The minimum Gasteiger partial charge on any atom is -0.415 e. The Morgan fingerprint density at radius 3 is 2.49 bits per heavy atom. The first kappa shape index (κ1) is 23.6. The molecule has 2 aliphatic rings. The molecular weight excluding hydrogens is 487 g/mol. The van der Waals surface area contributed by atoms with Crippen molar-refractivity contribution in [3.63, 3.8) is 0 Å². The number of hydrogen-bond acceptors (Lipinski definition) is 8. The zero-order chi connectivity index (χ0) is 25.4. The molecule has 0 radical (unpaired) electrons. The van der Waals surface area contributed by atoms with Gasteiger partial charge in [0.15, 0.2) is 0 Å². The second-order valence-electron chi connectivity index (χ2n) is 9.12. The van der Waals surface area contributed by atoms with E-state index in [4.69, 9.17) is 9.15 Å². The lowest BCUT2D eigenvalue weighted by Crippen LogP contribution is -2.56. The van der Waals surface area contributed by atoms with E-state index in [-0.39, 0.29) is 18.0 Å². The third-order valence-corrected chi connectivity index (χ3v) is 6.76. The molecule has 6 rings (SSSR count). The average molecular weight is 512 g/mol. The van der Waals surface area contributed by atoms with Crippen molar-refractivity contribution in [2.24, 2.45) is 0 Å². The molecule has 0 amide bonds. The summed E-state index contributed by atoms with van der Waals surface area (Å²) in [5, 5.41) is 15.3. The van der Waals surface area contributed by atoms with Crippen LogP contribution in [0, 0.1) is 5.82 Å². The summed E-state index contributed by atoms with van der Waals surface area (Å²) in [6.07, 6.45) is -1.11. The quantitative estimate of drug-likeness (QED) is 0.372. The second-order valence-corrected chi connectivity index (χ2v) is 9.12. The predicted molar refractivity (Wildman–Crippen MR) is 128 cm³/mol. The minimum atomic E-state index is -2.88. The molecule has 9 nitrogen and oxygen atoms in total. The SMILES string of the molecule is Fc1cc(-c2nnc(C(F)F)o2)ccc1Cn1cc(-c2cccc(N3CCN(C4COC4)CC3)c2)nn1. The molecule has 4 aromatic rings. The third-order valence-electron chi connectivity index (χ3n) is 6.76. The summed E-state index contributed by atoms with van der Waals surface area (Å²) < 4.78 is 51.9. The lowest BCUT2D eigenvalue weighted by Gasteiger charge is -2.43. The van der Waals surface area contributed by atoms with E-state index in [1.165, 1.54) is 12.1 Å². The Balaban J connectivity index is 1.13. The van der Waals surface area contributed by atoms with Crippen LogP contribution in [0.25, 0.3) is 22.7 Å². The van der Waals surface area contributed by atoms with Crippen LogP contribution in [-0.2, 0) is 11.3 Å². The fourth-order valence-corrected chi connectivity index (χ4v) is 4.57. The van der Waals surface area contributed by atoms with Crippen LogP contribution >= 0.6 is 0 Å². The lowest BCUT2D eigenvalue weighted by molar-refractivity contribution is -0.0660. The van der Waals surface area contributed by atoms with E-state index in [0.717, 1.165) is 50.6 Å². The summed E-state index contributed by atoms with van der Waals surface area (Å²) in [7, 11) is 0. The maximum absolute atomic E-state index is 14.8. The normalized spacial score (nSPS) is 16.9. The summed E-state index contributed by atoms with van der Waals surface area (Å²) in [5.41, 5.74) is 3.33. The predicted octanol–water partition coefficient (Wildman–Crippen LogP) is 3.64. The highest BCUT2D eigenvalue weighted by Gasteiger charge is 2.29. The molecule has 0 unspecified atom stereocenters. The van der Waals surface area contributed by atoms with Crippen molar-refractivity contribution < 1.29 is 22.3 Å². The number of ether oxygens (including phenoxy) is 1. The smallest absolute Gasteiger partial charge is 0.314 e. The molecule has 0 saturated carbocycles. The summed E-state index contributed by atoms with van der Waals surface area (Å²) in [6, 6.07) is 13.0. The lowest BCUT2D eigenvalue weighted by atomic mass is 10.1. The molecule has 0 spiro atoms. The molecule has 12 heteroatoms. The standard InChI is InChI=1S/C25H24F3N7O2/c26-21-11-17(24-30-31-25(37-24)23(27)28)4-5-18(21)12-35-13-22(29-32-35)16-2-1-3-19(10-16)33-6-8-34(9-7-33)20-14-36-15-20/h1-5,10-11,13,20,23H,6-9,12,14-15H2. The van der Waals surface area contributed by atoms with Crippen LogP contribution in [0.15, 0.2) is 53.1 Å². The maximum atomic E-state index is 14.8. The molecular formula is C25H24F3N7O2. The summed E-state index contributed by atoms with van der Waals surface area (Å²) >= 11 is 0. The van der Waals surface area contributed by atoms with Gasteiger partial charge in [0.25, 0.3) is 5.89 Å². The molecule has 4 heterocycles. The van der Waals surface area contributed by atoms with Gasteiger partial charge in [-0.3, -0.25) is 4.90 Å². The van der Waals surface area contributed by atoms with Gasteiger partial charge in [-0.15, -0.1) is 15.3 Å². The van der Waals surface area contributed by atoms with Gasteiger partial charge in [-0.1, -0.05) is 23.4 Å². The number of halogens is 3. The van der Waals surface area contributed by atoms with Gasteiger partial charge in [0.2, 0.25) is 5.89 Å². The fourth-order valence-electron chi connectivity index (χ4n) is 4.57. The zero-order valence-electron chi connectivity index (χ0n) is 19.8. The Hall–Kier alpha value is -3.77. The zero-order valence-corrected chi connectivity index (χ0v) is 19.8. The van der Waals surface area contributed by atoms with E-state index in [1.54, 1.807) is 16.9 Å². The van der Waals surface area contributed by atoms with E-state index in [2.05, 4.69) is 42.4 Å². The van der Waals surface area contributed by atoms with Crippen LogP contribution in [0.4, 0.5) is 18.9 Å². The number of hydrogen-bond donors (Lipinski definition) is 0. The third kappa shape index (κ3) is 4.94. The van der Waals surface area contributed by atoms with Gasteiger partial charge >= 0.3 is 6.43 Å². The van der Waals surface area contributed by atoms with Crippen molar-refractivity contribution in [1.29, 1.82) is 0 Å². The molecule has 2 aromatic carbocycles. The molecule has 0 N–H and O–H groups in total. The molecule has 0 aliphatic carbocycles. The number of alkyl halides is 2. The monoisotopic (exact) mass is 511 g/mol. The second kappa shape index (κ2) is 9.94. The summed E-state index contributed by atoms with van der Waals surface area (Å²) in [5.74, 6) is -1.51. The first-order valence-electron chi connectivity index (χ1n) is 12.0. The molecule has 0 bridgehead atoms. The Kier molecular flexibility index (Phi) is 6.35. The van der Waals surface area contributed by atoms with Crippen molar-refractivity contribution in [2.75, 3.05) is 44.3 Å². The molecule has 2 saturated heterocycles. The molecule has 192 valence electrons. The van der Waals surface area contributed by atoms with Gasteiger partial charge < -0.3 is 14.1 Å². The van der Waals surface area contributed by atoms with Crippen LogP contribution in [0.5, 0.6) is 0 Å². The van der Waals surface area contributed by atoms with Crippen molar-refractivity contribution in [3.05, 3.63) is 65.9 Å². The topological polar surface area (TPSA) is 85.3 Å². The van der Waals surface area contributed by atoms with Gasteiger partial charge in [0.05, 0.1) is 32.0 Å². The van der Waals surface area contributed by atoms with Crippen LogP contribution in [0.1, 0.15) is 17.9 Å². The Morgan fingerprint density at radius 2 is 1.78 bits per heavy atom. The largest absolute Gasteiger partial charge is 0.415 e. The van der Waals surface area contributed by atoms with Crippen molar-refractivity contribution in [3.8, 4) is 22.7 Å². The first-order chi connectivity index (χ1) is 18.0. The summed E-state index contributed by atoms with van der Waals surface area (Å²) in [4.78, 5) is 4.86. The Labute approximate surface area is 210 Å². The van der Waals surface area contributed by atoms with Crippen molar-refractivity contribution in [1.82, 2.24) is 30.1 Å². The molecule has 2 fully saturated rings. The number of piperazine rings is 1. The average Bonchev–Trinajstić information content (AvgIpc) is 3.55. The number of anilines is 1. The van der Waals surface area contributed by atoms with Gasteiger partial charge in [0.1, 0.15) is 11.5 Å². The first-order valence-corrected chi connectivity index (χ1v) is 12.0. The molecule has 2 aliphatic heterocycles. The van der Waals surface area contributed by atoms with Crippen LogP contribution in [0.2, 0.25) is 0 Å². The van der Waals surface area contributed by atoms with Gasteiger partial charge in [-0.05, 0) is 24.3 Å². The highest BCUT2D eigenvalue weighted by atomic mass is 19.3. The van der Waals surface area contributed by atoms with Gasteiger partial charge in [0, 0.05) is 48.6 Å². The highest BCUT2D eigenvalue weighted by Crippen LogP contribution is 2.27. The fraction of sp³-hybridized carbons (Fsp3) is 0.360. The van der Waals surface area contributed by atoms with Crippen LogP contribution in [0.3, 0.4) is 0 Å². The number of nitrogens with zero attached hydrogens (tertiary/aromatic N) is 7. The summed E-state index contributed by atoms with van der Waals surface area (Å²) in [6.45, 7) is 5.75. The maximum Gasteiger partial charge on any atom is 0.314 e. The molecule has 37 heavy (non-hydrogen) atoms. The van der Waals surface area contributed by atoms with Gasteiger partial charge in [-0.25, -0.2) is 9.07 Å². The number of aromatic nitrogens is 5.